The molecule has 1 atom stereocenters. The molecule has 2 amide bonds. The zero-order chi connectivity index (χ0) is 23.6. The second kappa shape index (κ2) is 12.1. The lowest BCUT2D eigenvalue weighted by atomic mass is 10.1. The lowest BCUT2D eigenvalue weighted by molar-refractivity contribution is 0.136. The summed E-state index contributed by atoms with van der Waals surface area (Å²) in [6, 6.07) is 22.4. The van der Waals surface area contributed by atoms with Crippen LogP contribution in [0, 0.1) is 6.92 Å². The summed E-state index contributed by atoms with van der Waals surface area (Å²) in [5.74, 6) is 0. The molecule has 0 aromatic heterocycles. The van der Waals surface area contributed by atoms with Crippen molar-refractivity contribution < 1.29 is 19.1 Å². The molecular formula is C26H27BrN2O4. The molecule has 7 heteroatoms. The molecule has 3 aromatic rings. The Bertz CT molecular complexity index is 1090. The molecule has 0 heterocycles. The summed E-state index contributed by atoms with van der Waals surface area (Å²) < 4.78 is 11.6. The summed E-state index contributed by atoms with van der Waals surface area (Å²) in [5, 5.41) is 5.53. The first kappa shape index (κ1) is 24.3. The summed E-state index contributed by atoms with van der Waals surface area (Å²) in [4.78, 5) is 24.3. The number of ether oxygens (including phenoxy) is 2. The van der Waals surface area contributed by atoms with Gasteiger partial charge in [0.2, 0.25) is 0 Å². The Labute approximate surface area is 202 Å². The Morgan fingerprint density at radius 2 is 1.73 bits per heavy atom. The average molecular weight is 511 g/mol. The van der Waals surface area contributed by atoms with E-state index < -0.39 is 12.2 Å². The van der Waals surface area contributed by atoms with E-state index in [-0.39, 0.29) is 19.3 Å². The molecule has 2 N–H and O–H groups in total. The van der Waals surface area contributed by atoms with E-state index in [9.17, 15) is 9.59 Å². The number of hydrogen-bond acceptors (Lipinski definition) is 4. The van der Waals surface area contributed by atoms with Gasteiger partial charge in [-0.3, -0.25) is 5.32 Å². The fraction of sp³-hybridized carbons (Fsp3) is 0.231. The molecule has 1 unspecified atom stereocenters. The Balaban J connectivity index is 1.45. The van der Waals surface area contributed by atoms with E-state index in [0.717, 1.165) is 26.7 Å². The van der Waals surface area contributed by atoms with Crippen molar-refractivity contribution in [2.75, 3.05) is 11.9 Å². The van der Waals surface area contributed by atoms with Crippen molar-refractivity contribution in [2.24, 2.45) is 0 Å². The Kier molecular flexibility index (Phi) is 8.89. The normalized spacial score (nSPS) is 11.4. The van der Waals surface area contributed by atoms with Crippen molar-refractivity contribution >= 4 is 33.8 Å². The molecule has 3 aromatic carbocycles. The molecular weight excluding hydrogens is 484 g/mol. The molecule has 0 saturated heterocycles. The van der Waals surface area contributed by atoms with Crippen LogP contribution in [0.4, 0.5) is 15.3 Å². The Morgan fingerprint density at radius 3 is 2.48 bits per heavy atom. The van der Waals surface area contributed by atoms with Crippen molar-refractivity contribution in [3.63, 3.8) is 0 Å². The minimum Gasteiger partial charge on any atom is -0.449 e. The molecule has 172 valence electrons. The molecule has 6 nitrogen and oxygen atoms in total. The van der Waals surface area contributed by atoms with Gasteiger partial charge in [0.05, 0.1) is 12.6 Å². The summed E-state index contributed by atoms with van der Waals surface area (Å²) in [6.07, 6.45) is -0.393. The van der Waals surface area contributed by atoms with Gasteiger partial charge in [-0.15, -0.1) is 0 Å². The van der Waals surface area contributed by atoms with Gasteiger partial charge >= 0.3 is 12.2 Å². The summed E-state index contributed by atoms with van der Waals surface area (Å²) in [7, 11) is 0. The van der Waals surface area contributed by atoms with Gasteiger partial charge in [-0.05, 0) is 60.4 Å². The van der Waals surface area contributed by atoms with Crippen LogP contribution in [-0.4, -0.2) is 18.8 Å². The first-order valence-electron chi connectivity index (χ1n) is 10.7. The van der Waals surface area contributed by atoms with Gasteiger partial charge in [-0.2, -0.15) is 0 Å². The quantitative estimate of drug-likeness (QED) is 0.360. The van der Waals surface area contributed by atoms with Crippen LogP contribution < -0.4 is 10.6 Å². The van der Waals surface area contributed by atoms with Crippen LogP contribution in [0.15, 0.2) is 77.3 Å². The number of benzene rings is 3. The van der Waals surface area contributed by atoms with E-state index in [0.29, 0.717) is 12.1 Å². The molecule has 3 rings (SSSR count). The van der Waals surface area contributed by atoms with Gasteiger partial charge in [0, 0.05) is 16.6 Å². The van der Waals surface area contributed by atoms with Crippen molar-refractivity contribution in [1.82, 2.24) is 5.32 Å². The number of carbonyl (C=O) groups excluding carboxylic acids is 2. The predicted molar refractivity (Wildman–Crippen MR) is 132 cm³/mol. The number of rotatable bonds is 8. The predicted octanol–water partition coefficient (Wildman–Crippen LogP) is 6.54. The van der Waals surface area contributed by atoms with Crippen LogP contribution in [0.2, 0.25) is 0 Å². The molecule has 33 heavy (non-hydrogen) atoms. The summed E-state index contributed by atoms with van der Waals surface area (Å²) >= 11 is 3.45. The third kappa shape index (κ3) is 7.95. The van der Waals surface area contributed by atoms with Crippen molar-refractivity contribution in [1.29, 1.82) is 0 Å². The van der Waals surface area contributed by atoms with Crippen LogP contribution >= 0.6 is 15.9 Å². The largest absolute Gasteiger partial charge is 0.449 e. The maximum Gasteiger partial charge on any atom is 0.411 e. The first-order chi connectivity index (χ1) is 15.9. The molecule has 0 aliphatic heterocycles. The van der Waals surface area contributed by atoms with Crippen LogP contribution in [-0.2, 0) is 22.5 Å². The van der Waals surface area contributed by atoms with E-state index in [4.69, 9.17) is 9.47 Å². The minimum absolute atomic E-state index is 0.201. The van der Waals surface area contributed by atoms with E-state index in [1.807, 2.05) is 74.5 Å². The van der Waals surface area contributed by atoms with Gasteiger partial charge in [-0.1, -0.05) is 64.5 Å². The highest BCUT2D eigenvalue weighted by molar-refractivity contribution is 9.10. The Hall–Kier alpha value is -3.32. The Morgan fingerprint density at radius 1 is 0.939 bits per heavy atom. The number of alkyl carbamates (subject to hydrolysis) is 1. The molecule has 0 bridgehead atoms. The summed E-state index contributed by atoms with van der Waals surface area (Å²) in [6.45, 7) is 4.35. The smallest absolute Gasteiger partial charge is 0.411 e. The van der Waals surface area contributed by atoms with Gasteiger partial charge < -0.3 is 14.8 Å². The van der Waals surface area contributed by atoms with Gasteiger partial charge in [0.1, 0.15) is 6.61 Å². The van der Waals surface area contributed by atoms with E-state index in [2.05, 4.69) is 26.6 Å². The molecule has 0 aliphatic rings. The maximum absolute atomic E-state index is 12.2. The molecule has 0 aliphatic carbocycles. The number of amides is 2. The second-order valence-electron chi connectivity index (χ2n) is 7.63. The number of hydrogen-bond donors (Lipinski definition) is 2. The zero-order valence-electron chi connectivity index (χ0n) is 18.6. The van der Waals surface area contributed by atoms with Gasteiger partial charge in [0.25, 0.3) is 0 Å². The van der Waals surface area contributed by atoms with Crippen LogP contribution in [0.5, 0.6) is 0 Å². The molecule has 0 spiro atoms. The lowest BCUT2D eigenvalue weighted by Gasteiger charge is -2.16. The fourth-order valence-corrected chi connectivity index (χ4v) is 3.73. The molecule has 0 fully saturated rings. The monoisotopic (exact) mass is 510 g/mol. The fourth-order valence-electron chi connectivity index (χ4n) is 3.26. The SMILES string of the molecule is Cc1cc(Br)ccc1CCOC(=O)Nc1cccc(C(C)NC(=O)OCc2ccccc2)c1. The van der Waals surface area contributed by atoms with E-state index >= 15 is 0 Å². The minimum atomic E-state index is -0.523. The topological polar surface area (TPSA) is 76.7 Å². The average Bonchev–Trinajstić information content (AvgIpc) is 2.80. The van der Waals surface area contributed by atoms with Crippen molar-refractivity contribution in [3.05, 3.63) is 99.5 Å². The number of aryl methyl sites for hydroxylation is 1. The van der Waals surface area contributed by atoms with Crippen LogP contribution in [0.25, 0.3) is 0 Å². The highest BCUT2D eigenvalue weighted by Crippen LogP contribution is 2.19. The van der Waals surface area contributed by atoms with E-state index in [1.165, 1.54) is 0 Å². The second-order valence-corrected chi connectivity index (χ2v) is 8.55. The third-order valence-corrected chi connectivity index (χ3v) is 5.58. The molecule has 0 radical (unpaired) electrons. The van der Waals surface area contributed by atoms with Gasteiger partial charge in [-0.25, -0.2) is 9.59 Å². The number of halogens is 1. The first-order valence-corrected chi connectivity index (χ1v) is 11.5. The number of carbonyl (C=O) groups is 2. The number of nitrogens with one attached hydrogen (secondary N) is 2. The highest BCUT2D eigenvalue weighted by atomic mass is 79.9. The number of anilines is 1. The maximum atomic E-state index is 12.2. The summed E-state index contributed by atoms with van der Waals surface area (Å²) in [5.41, 5.74) is 4.61. The standard InChI is InChI=1S/C26H27BrN2O4/c1-18-15-23(27)12-11-21(18)13-14-32-26(31)29-24-10-6-9-22(16-24)19(2)28-25(30)33-17-20-7-4-3-5-8-20/h3-12,15-16,19H,13-14,17H2,1-2H3,(H,28,30)(H,29,31). The third-order valence-electron chi connectivity index (χ3n) is 5.09. The molecule has 0 saturated carbocycles. The highest BCUT2D eigenvalue weighted by Gasteiger charge is 2.12. The zero-order valence-corrected chi connectivity index (χ0v) is 20.2. The van der Waals surface area contributed by atoms with Crippen LogP contribution in [0.3, 0.4) is 0 Å². The van der Waals surface area contributed by atoms with Crippen molar-refractivity contribution in [3.8, 4) is 0 Å². The van der Waals surface area contributed by atoms with Crippen LogP contribution in [0.1, 0.15) is 35.2 Å². The van der Waals surface area contributed by atoms with E-state index in [1.54, 1.807) is 12.1 Å². The van der Waals surface area contributed by atoms with Gasteiger partial charge in [0.15, 0.2) is 0 Å². The van der Waals surface area contributed by atoms with Crippen molar-refractivity contribution in [2.45, 2.75) is 32.9 Å². The lowest BCUT2D eigenvalue weighted by Crippen LogP contribution is -2.27.